The Hall–Kier alpha value is -3.61. The molecule has 0 aliphatic carbocycles. The summed E-state index contributed by atoms with van der Waals surface area (Å²) in [4.78, 5) is 22.3. The molecule has 6 rings (SSSR count). The summed E-state index contributed by atoms with van der Waals surface area (Å²) in [5.41, 5.74) is 2.56. The van der Waals surface area contributed by atoms with E-state index in [4.69, 9.17) is 14.5 Å². The van der Waals surface area contributed by atoms with Gasteiger partial charge in [0.15, 0.2) is 5.65 Å². The molecule has 6 heterocycles. The number of carbonyl (C=O) groups is 1. The van der Waals surface area contributed by atoms with Crippen molar-refractivity contribution in [3.8, 4) is 11.3 Å². The maximum atomic E-state index is 14.6. The number of fused-ring (bicyclic) bond motifs is 2. The van der Waals surface area contributed by atoms with Crippen molar-refractivity contribution in [3.63, 3.8) is 0 Å². The smallest absolute Gasteiger partial charge is 0.257 e. The van der Waals surface area contributed by atoms with Crippen LogP contribution in [0.4, 0.5) is 10.2 Å². The molecule has 0 radical (unpaired) electrons. The van der Waals surface area contributed by atoms with Crippen molar-refractivity contribution in [1.82, 2.24) is 29.5 Å². The molecular formula is C23H24FN7O4. The molecule has 0 bridgehead atoms. The zero-order valence-corrected chi connectivity index (χ0v) is 18.9. The number of alkyl halides is 1. The molecule has 2 aliphatic heterocycles. The fourth-order valence-corrected chi connectivity index (χ4v) is 4.68. The molecule has 4 atom stereocenters. The number of amides is 1. The number of hydrogen-bond donors (Lipinski definition) is 3. The van der Waals surface area contributed by atoms with E-state index in [0.29, 0.717) is 22.8 Å². The van der Waals surface area contributed by atoms with Crippen molar-refractivity contribution < 1.29 is 23.8 Å². The highest BCUT2D eigenvalue weighted by Gasteiger charge is 2.32. The van der Waals surface area contributed by atoms with Crippen LogP contribution in [0.1, 0.15) is 16.4 Å². The Bertz CT molecular complexity index is 1420. The van der Waals surface area contributed by atoms with Gasteiger partial charge >= 0.3 is 0 Å². The summed E-state index contributed by atoms with van der Waals surface area (Å²) in [5.74, 6) is 0.208. The first-order valence-electron chi connectivity index (χ1n) is 11.4. The number of aliphatic hydroxyl groups excluding tert-OH is 1. The Labute approximate surface area is 198 Å². The first kappa shape index (κ1) is 21.9. The maximum absolute atomic E-state index is 14.6. The largest absolute Gasteiger partial charge is 0.388 e. The van der Waals surface area contributed by atoms with Gasteiger partial charge in [-0.2, -0.15) is 9.61 Å². The number of aromatic nitrogens is 5. The number of aliphatic hydroxyl groups is 1. The van der Waals surface area contributed by atoms with E-state index >= 15 is 0 Å². The summed E-state index contributed by atoms with van der Waals surface area (Å²) < 4.78 is 28.5. The van der Waals surface area contributed by atoms with Gasteiger partial charge in [0.2, 0.25) is 0 Å². The number of rotatable bonds is 5. The van der Waals surface area contributed by atoms with Crippen LogP contribution in [0.5, 0.6) is 0 Å². The van der Waals surface area contributed by atoms with Gasteiger partial charge < -0.3 is 29.8 Å². The summed E-state index contributed by atoms with van der Waals surface area (Å²) in [6, 6.07) is 4.56. The molecule has 2 fully saturated rings. The van der Waals surface area contributed by atoms with E-state index in [2.05, 4.69) is 20.7 Å². The SMILES string of the molecule is CNc1cc(-c2cn([C@@H]3COC[C@@H]3F)c3ncccc23)nc2c(C(=O)NC3COC[C@@H]3O)cnn12. The standard InChI is InChI=1S/C23H24FN7O4/c1-25-20-5-16(14-7-30(18-10-34-8-15(18)24)21-12(14)3-2-4-26-21)28-22-13(6-27-31(20)22)23(33)29-17-9-35-11-19(17)32/h2-7,15,17-19,25,32H,8-11H2,1H3,(H,29,33)/t15-,17?,18+,19-/m0/s1. The molecule has 0 saturated carbocycles. The lowest BCUT2D eigenvalue weighted by atomic mass is 10.1. The topological polar surface area (TPSA) is 128 Å². The van der Waals surface area contributed by atoms with Crippen LogP contribution in [0.3, 0.4) is 0 Å². The zero-order valence-electron chi connectivity index (χ0n) is 18.9. The number of ether oxygens (including phenoxy) is 2. The molecule has 2 aliphatic rings. The molecule has 11 nitrogen and oxygen atoms in total. The molecule has 1 unspecified atom stereocenters. The molecule has 182 valence electrons. The van der Waals surface area contributed by atoms with E-state index in [9.17, 15) is 14.3 Å². The van der Waals surface area contributed by atoms with Crippen molar-refractivity contribution >= 4 is 28.4 Å². The fraction of sp³-hybridized carbons (Fsp3) is 0.391. The Balaban J connectivity index is 1.47. The lowest BCUT2D eigenvalue weighted by molar-refractivity contribution is 0.0888. The van der Waals surface area contributed by atoms with Crippen molar-refractivity contribution in [2.45, 2.75) is 24.4 Å². The number of anilines is 1. The van der Waals surface area contributed by atoms with Crippen molar-refractivity contribution in [2.24, 2.45) is 0 Å². The van der Waals surface area contributed by atoms with Crippen LogP contribution in [0.25, 0.3) is 27.9 Å². The van der Waals surface area contributed by atoms with Gasteiger partial charge in [-0.3, -0.25) is 4.79 Å². The quantitative estimate of drug-likeness (QED) is 0.388. The number of carbonyl (C=O) groups excluding carboxylic acids is 1. The van der Waals surface area contributed by atoms with Crippen molar-refractivity contribution in [3.05, 3.63) is 42.4 Å². The highest BCUT2D eigenvalue weighted by Crippen LogP contribution is 2.35. The van der Waals surface area contributed by atoms with Crippen LogP contribution < -0.4 is 10.6 Å². The Morgan fingerprint density at radius 1 is 1.23 bits per heavy atom. The first-order chi connectivity index (χ1) is 17.0. The second-order valence-electron chi connectivity index (χ2n) is 8.70. The molecule has 1 amide bonds. The molecule has 35 heavy (non-hydrogen) atoms. The van der Waals surface area contributed by atoms with E-state index in [1.807, 2.05) is 24.4 Å². The fourth-order valence-electron chi connectivity index (χ4n) is 4.68. The van der Waals surface area contributed by atoms with Gasteiger partial charge in [-0.25, -0.2) is 14.4 Å². The van der Waals surface area contributed by atoms with Gasteiger partial charge in [-0.15, -0.1) is 0 Å². The van der Waals surface area contributed by atoms with E-state index in [0.717, 1.165) is 10.9 Å². The maximum Gasteiger partial charge on any atom is 0.257 e. The summed E-state index contributed by atoms with van der Waals surface area (Å²) >= 11 is 0. The highest BCUT2D eigenvalue weighted by atomic mass is 19.1. The Morgan fingerprint density at radius 2 is 2.09 bits per heavy atom. The predicted octanol–water partition coefficient (Wildman–Crippen LogP) is 1.19. The predicted molar refractivity (Wildman–Crippen MR) is 124 cm³/mol. The minimum atomic E-state index is -1.14. The van der Waals surface area contributed by atoms with Gasteiger partial charge in [-0.05, 0) is 12.1 Å². The average molecular weight is 481 g/mol. The number of nitrogens with one attached hydrogen (secondary N) is 2. The molecular weight excluding hydrogens is 457 g/mol. The van der Waals surface area contributed by atoms with Crippen LogP contribution in [0.15, 0.2) is 36.8 Å². The molecule has 2 saturated heterocycles. The Kier molecular flexibility index (Phi) is 5.35. The van der Waals surface area contributed by atoms with Gasteiger partial charge in [0.05, 0.1) is 56.5 Å². The van der Waals surface area contributed by atoms with Gasteiger partial charge in [0.1, 0.15) is 23.2 Å². The lowest BCUT2D eigenvalue weighted by Gasteiger charge is -2.14. The van der Waals surface area contributed by atoms with Crippen LogP contribution >= 0.6 is 0 Å². The normalized spacial score (nSPS) is 24.4. The van der Waals surface area contributed by atoms with Crippen LogP contribution in [0, 0.1) is 0 Å². The second kappa shape index (κ2) is 8.56. The zero-order chi connectivity index (χ0) is 24.1. The summed E-state index contributed by atoms with van der Waals surface area (Å²) in [7, 11) is 1.75. The summed E-state index contributed by atoms with van der Waals surface area (Å²) in [6.45, 7) is 0.726. The van der Waals surface area contributed by atoms with Gasteiger partial charge in [-0.1, -0.05) is 0 Å². The van der Waals surface area contributed by atoms with Crippen LogP contribution in [0.2, 0.25) is 0 Å². The van der Waals surface area contributed by atoms with Gasteiger partial charge in [0, 0.05) is 36.5 Å². The molecule has 4 aromatic heterocycles. The highest BCUT2D eigenvalue weighted by molar-refractivity contribution is 6.01. The molecule has 0 aromatic carbocycles. The summed E-state index contributed by atoms with van der Waals surface area (Å²) in [5, 5.41) is 21.0. The third kappa shape index (κ3) is 3.61. The van der Waals surface area contributed by atoms with Crippen molar-refractivity contribution in [2.75, 3.05) is 38.8 Å². The van der Waals surface area contributed by atoms with Crippen LogP contribution in [-0.2, 0) is 9.47 Å². The Morgan fingerprint density at radius 3 is 2.83 bits per heavy atom. The van der Waals surface area contributed by atoms with Gasteiger partial charge in [0.25, 0.3) is 5.91 Å². The third-order valence-electron chi connectivity index (χ3n) is 6.55. The van der Waals surface area contributed by atoms with E-state index in [1.54, 1.807) is 22.3 Å². The summed E-state index contributed by atoms with van der Waals surface area (Å²) in [6.07, 6.45) is 3.05. The molecule has 4 aromatic rings. The monoisotopic (exact) mass is 481 g/mol. The number of halogens is 1. The average Bonchev–Trinajstić information content (AvgIpc) is 3.65. The number of hydrogen-bond acceptors (Lipinski definition) is 8. The van der Waals surface area contributed by atoms with E-state index < -0.39 is 30.3 Å². The van der Waals surface area contributed by atoms with Crippen molar-refractivity contribution in [1.29, 1.82) is 0 Å². The minimum Gasteiger partial charge on any atom is -0.388 e. The van der Waals surface area contributed by atoms with E-state index in [1.165, 1.54) is 6.20 Å². The number of nitrogens with zero attached hydrogens (tertiary/aromatic N) is 5. The lowest BCUT2D eigenvalue weighted by Crippen LogP contribution is -2.42. The molecule has 12 heteroatoms. The molecule has 3 N–H and O–H groups in total. The second-order valence-corrected chi connectivity index (χ2v) is 8.70. The molecule has 0 spiro atoms. The minimum absolute atomic E-state index is 0.0512. The van der Waals surface area contributed by atoms with E-state index in [-0.39, 0.29) is 32.0 Å². The first-order valence-corrected chi connectivity index (χ1v) is 11.4. The number of pyridine rings is 1. The van der Waals surface area contributed by atoms with Crippen LogP contribution in [-0.4, -0.2) is 87.0 Å². The third-order valence-corrected chi connectivity index (χ3v) is 6.55.